The lowest BCUT2D eigenvalue weighted by molar-refractivity contribution is -0.133. The Morgan fingerprint density at radius 2 is 1.80 bits per heavy atom. The molecule has 3 amide bonds. The van der Waals surface area contributed by atoms with Crippen LogP contribution in [0.4, 0.5) is 27.3 Å². The third-order valence-electron chi connectivity index (χ3n) is 11.5. The number of amides is 3. The molecule has 4 fully saturated rings. The first kappa shape index (κ1) is 36.7. The molecule has 1 saturated carbocycles. The molecule has 2 aromatic carbocycles. The SMILES string of the molecule is O=C1CCC(Nc2ccc(N3CCN(CCCS(=O)(=O)N4CCN(c5cccc(C6(C7CC7)CNc7nccc(Cl)c76)c5)C(=O)C4)CC3)c(F)c2)C(=O)N1. The lowest BCUT2D eigenvalue weighted by Gasteiger charge is -2.37. The summed E-state index contributed by atoms with van der Waals surface area (Å²) in [5.74, 6) is -0.216. The number of carbonyl (C=O) groups is 3. The van der Waals surface area contributed by atoms with Gasteiger partial charge in [-0.1, -0.05) is 23.7 Å². The van der Waals surface area contributed by atoms with E-state index in [2.05, 4.69) is 38.0 Å². The molecule has 3 N–H and O–H groups in total. The molecule has 1 aliphatic carbocycles. The minimum atomic E-state index is -3.65. The maximum absolute atomic E-state index is 15.1. The zero-order valence-corrected chi connectivity index (χ0v) is 31.5. The quantitative estimate of drug-likeness (QED) is 0.248. The van der Waals surface area contributed by atoms with Crippen LogP contribution in [-0.2, 0) is 29.8 Å². The number of carbonyl (C=O) groups excluding carboxylic acids is 3. The highest BCUT2D eigenvalue weighted by Gasteiger charge is 2.53. The smallest absolute Gasteiger partial charge is 0.249 e. The zero-order valence-electron chi connectivity index (χ0n) is 29.9. The molecule has 0 spiro atoms. The van der Waals surface area contributed by atoms with E-state index in [0.717, 1.165) is 35.5 Å². The van der Waals surface area contributed by atoms with Crippen LogP contribution in [0, 0.1) is 11.7 Å². The number of fused-ring (bicyclic) bond motifs is 1. The van der Waals surface area contributed by atoms with E-state index in [0.29, 0.717) is 74.4 Å². The lowest BCUT2D eigenvalue weighted by atomic mass is 9.72. The number of aromatic nitrogens is 1. The summed E-state index contributed by atoms with van der Waals surface area (Å²) in [6, 6.07) is 14.0. The highest BCUT2D eigenvalue weighted by atomic mass is 35.5. The number of imide groups is 1. The molecule has 2 atom stereocenters. The van der Waals surface area contributed by atoms with Crippen molar-refractivity contribution in [3.05, 3.63) is 76.7 Å². The fraction of sp³-hybridized carbons (Fsp3) is 0.474. The van der Waals surface area contributed by atoms with Crippen molar-refractivity contribution in [2.75, 3.05) is 85.1 Å². The number of anilines is 4. The van der Waals surface area contributed by atoms with Gasteiger partial charge in [-0.2, -0.15) is 4.31 Å². The first-order valence-electron chi connectivity index (χ1n) is 18.7. The summed E-state index contributed by atoms with van der Waals surface area (Å²) >= 11 is 6.75. The number of rotatable bonds is 11. The molecule has 5 heterocycles. The van der Waals surface area contributed by atoms with Gasteiger partial charge in [0.1, 0.15) is 17.7 Å². The minimum Gasteiger partial charge on any atom is -0.374 e. The van der Waals surface area contributed by atoms with E-state index in [1.807, 2.05) is 23.1 Å². The van der Waals surface area contributed by atoms with Crippen LogP contribution in [0.2, 0.25) is 5.02 Å². The average Bonchev–Trinajstić information content (AvgIpc) is 3.93. The van der Waals surface area contributed by atoms with Crippen molar-refractivity contribution in [2.45, 2.75) is 43.6 Å². The Labute approximate surface area is 319 Å². The van der Waals surface area contributed by atoms with Gasteiger partial charge in [-0.05, 0) is 80.1 Å². The maximum Gasteiger partial charge on any atom is 0.249 e. The van der Waals surface area contributed by atoms with Gasteiger partial charge in [0.2, 0.25) is 27.7 Å². The number of nitrogens with zero attached hydrogens (tertiary/aromatic N) is 5. The van der Waals surface area contributed by atoms with Crippen LogP contribution in [0.15, 0.2) is 54.7 Å². The van der Waals surface area contributed by atoms with E-state index in [9.17, 15) is 22.8 Å². The summed E-state index contributed by atoms with van der Waals surface area (Å²) in [6.07, 6.45) is 4.89. The number of nitrogens with one attached hydrogen (secondary N) is 3. The topological polar surface area (TPSA) is 147 Å². The molecule has 54 heavy (non-hydrogen) atoms. The molecule has 3 aromatic rings. The van der Waals surface area contributed by atoms with Crippen LogP contribution in [0.1, 0.15) is 43.2 Å². The molecular weight excluding hydrogens is 735 g/mol. The van der Waals surface area contributed by atoms with E-state index >= 15 is 4.39 Å². The summed E-state index contributed by atoms with van der Waals surface area (Å²) in [5.41, 5.74) is 3.44. The van der Waals surface area contributed by atoms with Crippen molar-refractivity contribution in [3.63, 3.8) is 0 Å². The molecule has 0 radical (unpaired) electrons. The molecule has 1 aromatic heterocycles. The molecule has 3 saturated heterocycles. The monoisotopic (exact) mass is 778 g/mol. The number of hydrogen-bond donors (Lipinski definition) is 3. The Morgan fingerprint density at radius 1 is 0.981 bits per heavy atom. The van der Waals surface area contributed by atoms with Gasteiger partial charge in [0, 0.05) is 85.8 Å². The van der Waals surface area contributed by atoms with E-state index in [1.54, 1.807) is 23.2 Å². The van der Waals surface area contributed by atoms with E-state index < -0.39 is 27.8 Å². The average molecular weight is 779 g/mol. The molecule has 5 aliphatic rings. The second-order valence-electron chi connectivity index (χ2n) is 14.9. The van der Waals surface area contributed by atoms with Gasteiger partial charge in [-0.15, -0.1) is 0 Å². The maximum atomic E-state index is 15.1. The third-order valence-corrected chi connectivity index (χ3v) is 13.7. The van der Waals surface area contributed by atoms with Crippen LogP contribution in [0.5, 0.6) is 0 Å². The highest BCUT2D eigenvalue weighted by Crippen LogP contribution is 2.57. The number of piperidine rings is 1. The van der Waals surface area contributed by atoms with Crippen molar-refractivity contribution < 1.29 is 27.2 Å². The fourth-order valence-electron chi connectivity index (χ4n) is 8.53. The molecule has 4 aliphatic heterocycles. The second-order valence-corrected chi connectivity index (χ2v) is 17.4. The van der Waals surface area contributed by atoms with Crippen LogP contribution in [0.3, 0.4) is 0 Å². The Bertz CT molecular complexity index is 2080. The first-order valence-corrected chi connectivity index (χ1v) is 20.7. The van der Waals surface area contributed by atoms with Gasteiger partial charge in [-0.3, -0.25) is 24.6 Å². The normalized spacial score (nSPS) is 24.0. The largest absolute Gasteiger partial charge is 0.374 e. The van der Waals surface area contributed by atoms with Gasteiger partial charge in [0.05, 0.1) is 18.0 Å². The number of sulfonamides is 1. The molecule has 8 rings (SSSR count). The summed E-state index contributed by atoms with van der Waals surface area (Å²) in [4.78, 5) is 47.3. The zero-order chi connectivity index (χ0) is 37.6. The van der Waals surface area contributed by atoms with Crippen molar-refractivity contribution in [2.24, 2.45) is 5.92 Å². The van der Waals surface area contributed by atoms with Crippen LogP contribution < -0.4 is 25.8 Å². The summed E-state index contributed by atoms with van der Waals surface area (Å²) < 4.78 is 43.2. The lowest BCUT2D eigenvalue weighted by Crippen LogP contribution is -2.53. The van der Waals surface area contributed by atoms with Crippen molar-refractivity contribution in [1.82, 2.24) is 19.5 Å². The molecule has 16 heteroatoms. The standard InChI is InChI=1S/C38H44ClFN8O5S/c39-29-11-12-41-36-35(29)38(24-42-36,25-5-6-25)26-3-1-4-28(21-26)48-19-18-47(23-34(48)50)54(52,53)20-2-13-45-14-16-46(17-15-45)32-9-7-27(22-30(32)40)43-31-8-10-33(49)44-37(31)51/h1,3-4,7,9,11-12,21-22,25,31,43H,2,5-6,8,10,13-20,23-24H2,(H,41,42)(H,44,49,51). The highest BCUT2D eigenvalue weighted by molar-refractivity contribution is 7.89. The fourth-order valence-corrected chi connectivity index (χ4v) is 10.3. The van der Waals surface area contributed by atoms with Crippen molar-refractivity contribution >= 4 is 62.2 Å². The summed E-state index contributed by atoms with van der Waals surface area (Å²) in [6.45, 7) is 4.00. The summed E-state index contributed by atoms with van der Waals surface area (Å²) in [5, 5.41) is 9.44. The van der Waals surface area contributed by atoms with Crippen LogP contribution in [0.25, 0.3) is 0 Å². The Kier molecular flexibility index (Phi) is 10.0. The van der Waals surface area contributed by atoms with E-state index in [1.165, 1.54) is 10.4 Å². The van der Waals surface area contributed by atoms with E-state index in [4.69, 9.17) is 11.6 Å². The third kappa shape index (κ3) is 7.14. The van der Waals surface area contributed by atoms with Gasteiger partial charge in [0.25, 0.3) is 0 Å². The van der Waals surface area contributed by atoms with Gasteiger partial charge in [-0.25, -0.2) is 17.8 Å². The molecular formula is C38H44ClFN8O5S. The van der Waals surface area contributed by atoms with Gasteiger partial charge in [0.15, 0.2) is 0 Å². The summed E-state index contributed by atoms with van der Waals surface area (Å²) in [7, 11) is -3.65. The number of benzene rings is 2. The van der Waals surface area contributed by atoms with Gasteiger partial charge < -0.3 is 20.4 Å². The Hall–Kier alpha value is -4.31. The van der Waals surface area contributed by atoms with Gasteiger partial charge >= 0.3 is 0 Å². The predicted octanol–water partition coefficient (Wildman–Crippen LogP) is 3.40. The van der Waals surface area contributed by atoms with Crippen molar-refractivity contribution in [3.8, 4) is 0 Å². The number of pyridine rings is 1. The van der Waals surface area contributed by atoms with Crippen LogP contribution >= 0.6 is 11.6 Å². The first-order chi connectivity index (χ1) is 26.0. The van der Waals surface area contributed by atoms with E-state index in [-0.39, 0.29) is 49.0 Å². The Balaban J connectivity index is 0.821. The predicted molar refractivity (Wildman–Crippen MR) is 205 cm³/mol. The molecule has 2 unspecified atom stereocenters. The second kappa shape index (κ2) is 14.7. The van der Waals surface area contributed by atoms with Crippen molar-refractivity contribution in [1.29, 1.82) is 0 Å². The molecule has 286 valence electrons. The number of halogens is 2. The minimum absolute atomic E-state index is 0.0582. The Morgan fingerprint density at radius 3 is 2.54 bits per heavy atom. The number of hydrogen-bond acceptors (Lipinski definition) is 10. The number of piperazine rings is 2. The molecule has 0 bridgehead atoms. The van der Waals surface area contributed by atoms with Crippen LogP contribution in [-0.4, -0.2) is 111 Å². The molecule has 13 nitrogen and oxygen atoms in total.